The van der Waals surface area contributed by atoms with Gasteiger partial charge < -0.3 is 10.1 Å². The normalized spacial score (nSPS) is 25.8. The first-order valence-corrected chi connectivity index (χ1v) is 10.9. The summed E-state index contributed by atoms with van der Waals surface area (Å²) in [6.45, 7) is 0.646. The van der Waals surface area contributed by atoms with E-state index in [4.69, 9.17) is 16.3 Å². The van der Waals surface area contributed by atoms with Gasteiger partial charge in [0.15, 0.2) is 0 Å². The van der Waals surface area contributed by atoms with Crippen molar-refractivity contribution in [3.63, 3.8) is 0 Å². The second-order valence-corrected chi connectivity index (χ2v) is 8.72. The summed E-state index contributed by atoms with van der Waals surface area (Å²) in [6, 6.07) is 28.6. The Morgan fingerprint density at radius 2 is 1.55 bits per heavy atom. The molecule has 2 aliphatic rings. The highest BCUT2D eigenvalue weighted by molar-refractivity contribution is 6.30. The van der Waals surface area contributed by atoms with E-state index in [1.165, 1.54) is 35.1 Å². The summed E-state index contributed by atoms with van der Waals surface area (Å²) in [6.07, 6.45) is 3.78. The van der Waals surface area contributed by atoms with Gasteiger partial charge in [0, 0.05) is 23.0 Å². The molecule has 1 N–H and O–H groups in total. The lowest BCUT2D eigenvalue weighted by Crippen LogP contribution is -2.49. The maximum Gasteiger partial charge on any atom is 0.0801 e. The van der Waals surface area contributed by atoms with Crippen molar-refractivity contribution in [3.8, 4) is 11.1 Å². The molecule has 2 nitrogen and oxygen atoms in total. The van der Waals surface area contributed by atoms with Crippen molar-refractivity contribution >= 4 is 11.6 Å². The van der Waals surface area contributed by atoms with E-state index < -0.39 is 0 Å². The number of halogens is 1. The third kappa shape index (κ3) is 4.11. The maximum absolute atomic E-state index is 6.55. The van der Waals surface area contributed by atoms with Gasteiger partial charge in [0.05, 0.1) is 12.7 Å². The van der Waals surface area contributed by atoms with Gasteiger partial charge >= 0.3 is 0 Å². The summed E-state index contributed by atoms with van der Waals surface area (Å²) >= 11 is 6.11. The Hall–Kier alpha value is -2.13. The van der Waals surface area contributed by atoms with Gasteiger partial charge in [-0.25, -0.2) is 0 Å². The topological polar surface area (TPSA) is 21.3 Å². The molecule has 4 unspecified atom stereocenters. The smallest absolute Gasteiger partial charge is 0.0801 e. The van der Waals surface area contributed by atoms with E-state index >= 15 is 0 Å². The van der Waals surface area contributed by atoms with Crippen LogP contribution in [0, 0.1) is 0 Å². The van der Waals surface area contributed by atoms with Gasteiger partial charge in [-0.2, -0.15) is 0 Å². The molecular weight excluding hydrogens is 378 g/mol. The fraction of sp³-hybridized carbons (Fsp3) is 0.308. The summed E-state index contributed by atoms with van der Waals surface area (Å²) < 4.78 is 6.55. The van der Waals surface area contributed by atoms with Gasteiger partial charge in [0.2, 0.25) is 0 Å². The monoisotopic (exact) mass is 403 g/mol. The van der Waals surface area contributed by atoms with E-state index in [9.17, 15) is 0 Å². The van der Waals surface area contributed by atoms with Crippen LogP contribution in [0.25, 0.3) is 11.1 Å². The van der Waals surface area contributed by atoms with Crippen LogP contribution in [0.4, 0.5) is 0 Å². The second-order valence-electron chi connectivity index (χ2n) is 8.28. The summed E-state index contributed by atoms with van der Waals surface area (Å²) in [7, 11) is 0. The molecule has 29 heavy (non-hydrogen) atoms. The lowest BCUT2D eigenvalue weighted by molar-refractivity contribution is -0.0133. The Kier molecular flexibility index (Phi) is 5.41. The van der Waals surface area contributed by atoms with E-state index in [1.807, 2.05) is 12.1 Å². The molecule has 0 saturated carbocycles. The average molecular weight is 404 g/mol. The lowest BCUT2D eigenvalue weighted by atomic mass is 9.83. The largest absolute Gasteiger partial charge is 0.371 e. The van der Waals surface area contributed by atoms with Crippen molar-refractivity contribution in [2.45, 2.75) is 50.0 Å². The molecule has 4 atom stereocenters. The molecule has 3 aromatic carbocycles. The van der Waals surface area contributed by atoms with Gasteiger partial charge in [-0.15, -0.1) is 0 Å². The predicted molar refractivity (Wildman–Crippen MR) is 119 cm³/mol. The van der Waals surface area contributed by atoms with Gasteiger partial charge in [-0.1, -0.05) is 78.3 Å². The van der Waals surface area contributed by atoms with Crippen LogP contribution in [0.15, 0.2) is 78.9 Å². The molecule has 2 fully saturated rings. The van der Waals surface area contributed by atoms with Crippen LogP contribution in [-0.2, 0) is 11.3 Å². The second kappa shape index (κ2) is 8.31. The highest BCUT2D eigenvalue weighted by Crippen LogP contribution is 2.40. The summed E-state index contributed by atoms with van der Waals surface area (Å²) in [5.74, 6) is 0.426. The number of piperidine rings is 1. The van der Waals surface area contributed by atoms with Crippen LogP contribution >= 0.6 is 11.6 Å². The van der Waals surface area contributed by atoms with Crippen molar-refractivity contribution in [2.24, 2.45) is 0 Å². The van der Waals surface area contributed by atoms with E-state index in [0.29, 0.717) is 24.6 Å². The summed E-state index contributed by atoms with van der Waals surface area (Å²) in [5, 5.41) is 4.56. The van der Waals surface area contributed by atoms with E-state index in [0.717, 1.165) is 11.4 Å². The molecule has 2 saturated heterocycles. The molecule has 2 aliphatic heterocycles. The van der Waals surface area contributed by atoms with Gasteiger partial charge in [0.1, 0.15) is 0 Å². The van der Waals surface area contributed by atoms with Crippen LogP contribution in [0.2, 0.25) is 5.02 Å². The summed E-state index contributed by atoms with van der Waals surface area (Å²) in [5.41, 5.74) is 5.06. The van der Waals surface area contributed by atoms with E-state index in [1.54, 1.807) is 0 Å². The fourth-order valence-corrected chi connectivity index (χ4v) is 5.03. The van der Waals surface area contributed by atoms with Crippen LogP contribution in [0.1, 0.15) is 36.3 Å². The van der Waals surface area contributed by atoms with Crippen LogP contribution in [0.3, 0.4) is 0 Å². The molecule has 5 rings (SSSR count). The molecular formula is C26H26ClNO. The zero-order valence-corrected chi connectivity index (χ0v) is 17.2. The van der Waals surface area contributed by atoms with Crippen molar-refractivity contribution < 1.29 is 4.74 Å². The van der Waals surface area contributed by atoms with Gasteiger partial charge in [-0.3, -0.25) is 0 Å². The number of nitrogens with one attached hydrogen (secondary N) is 1. The number of rotatable bonds is 5. The minimum absolute atomic E-state index is 0.198. The Balaban J connectivity index is 1.30. The van der Waals surface area contributed by atoms with Crippen LogP contribution in [-0.4, -0.2) is 18.2 Å². The Morgan fingerprint density at radius 3 is 2.31 bits per heavy atom. The average Bonchev–Trinajstić information content (AvgIpc) is 3.16. The van der Waals surface area contributed by atoms with Gasteiger partial charge in [0.25, 0.3) is 0 Å². The van der Waals surface area contributed by atoms with Crippen LogP contribution < -0.4 is 5.32 Å². The molecule has 3 aromatic rings. The predicted octanol–water partition coefficient (Wildman–Crippen LogP) is 6.20. The zero-order valence-electron chi connectivity index (χ0n) is 16.4. The molecule has 148 valence electrons. The van der Waals surface area contributed by atoms with E-state index in [-0.39, 0.29) is 6.10 Å². The number of benzene rings is 3. The zero-order chi connectivity index (χ0) is 19.6. The molecule has 0 spiro atoms. The first kappa shape index (κ1) is 18.9. The number of fused-ring (bicyclic) bond motifs is 2. The molecule has 0 radical (unpaired) electrons. The van der Waals surface area contributed by atoms with E-state index in [2.05, 4.69) is 72.0 Å². The first-order chi connectivity index (χ1) is 14.3. The van der Waals surface area contributed by atoms with Crippen LogP contribution in [0.5, 0.6) is 0 Å². The number of hydrogen-bond donors (Lipinski definition) is 1. The van der Waals surface area contributed by atoms with Crippen molar-refractivity contribution in [3.05, 3.63) is 95.0 Å². The maximum atomic E-state index is 6.55. The summed E-state index contributed by atoms with van der Waals surface area (Å²) in [4.78, 5) is 0. The number of ether oxygens (including phenoxy) is 1. The third-order valence-corrected chi connectivity index (χ3v) is 6.66. The molecule has 0 aromatic heterocycles. The van der Waals surface area contributed by atoms with Crippen molar-refractivity contribution in [1.29, 1.82) is 0 Å². The fourth-order valence-electron chi connectivity index (χ4n) is 4.90. The Bertz CT molecular complexity index is 939. The highest BCUT2D eigenvalue weighted by Gasteiger charge is 2.42. The SMILES string of the molecule is Clc1ccc(C2CC3CCC(N3)C2OCc2ccc(-c3ccccc3)cc2)cc1. The minimum atomic E-state index is 0.198. The Morgan fingerprint density at radius 1 is 0.828 bits per heavy atom. The molecule has 0 amide bonds. The van der Waals surface area contributed by atoms with Gasteiger partial charge in [-0.05, 0) is 53.6 Å². The Labute approximate surface area is 177 Å². The quantitative estimate of drug-likeness (QED) is 0.547. The third-order valence-electron chi connectivity index (χ3n) is 6.41. The van der Waals surface area contributed by atoms with Crippen molar-refractivity contribution in [2.75, 3.05) is 0 Å². The molecule has 2 bridgehead atoms. The minimum Gasteiger partial charge on any atom is -0.371 e. The van der Waals surface area contributed by atoms with Crippen molar-refractivity contribution in [1.82, 2.24) is 5.32 Å². The molecule has 0 aliphatic carbocycles. The molecule has 3 heteroatoms. The first-order valence-electron chi connectivity index (χ1n) is 10.5. The number of hydrogen-bond acceptors (Lipinski definition) is 2. The lowest BCUT2D eigenvalue weighted by Gasteiger charge is -2.38. The standard InChI is InChI=1S/C26H26ClNO/c27-22-12-10-21(11-13-22)24-16-23-14-15-25(28-23)26(24)29-17-18-6-8-20(9-7-18)19-4-2-1-3-5-19/h1-13,23-26,28H,14-17H2. The molecule has 2 heterocycles. The highest BCUT2D eigenvalue weighted by atomic mass is 35.5.